The minimum Gasteiger partial charge on any atom is -0.354 e. The Morgan fingerprint density at radius 2 is 0.843 bits per heavy atom. The minimum absolute atomic E-state index is 0.0647. The summed E-state index contributed by atoms with van der Waals surface area (Å²) in [5, 5.41) is 22.0. The van der Waals surface area contributed by atoms with E-state index < -0.39 is 35.4 Å². The van der Waals surface area contributed by atoms with Gasteiger partial charge < -0.3 is 74.8 Å². The summed E-state index contributed by atoms with van der Waals surface area (Å²) in [6.45, 7) is 1.40. The molecule has 0 bridgehead atoms. The van der Waals surface area contributed by atoms with Crippen LogP contribution in [0.2, 0.25) is 0 Å². The summed E-state index contributed by atoms with van der Waals surface area (Å²) in [7, 11) is 14.0. The molecule has 8 amide bonds. The van der Waals surface area contributed by atoms with Crippen molar-refractivity contribution >= 4 is 75.7 Å². The Hall–Kier alpha value is -8.67. The van der Waals surface area contributed by atoms with Gasteiger partial charge in [-0.3, -0.25) is 38.4 Å². The molecule has 0 aliphatic rings. The lowest BCUT2D eigenvalue weighted by Crippen LogP contribution is -3.05. The molecule has 0 aliphatic carbocycles. The van der Waals surface area contributed by atoms with Crippen LogP contribution in [-0.4, -0.2) is 120 Å². The second-order valence-electron chi connectivity index (χ2n) is 17.1. The van der Waals surface area contributed by atoms with Crippen molar-refractivity contribution in [3.63, 3.8) is 0 Å². The van der Waals surface area contributed by atoms with Gasteiger partial charge >= 0.3 is 0 Å². The number of hydrogen-bond donors (Lipinski definition) is 9. The molecular weight excluding hydrogens is 905 g/mol. The molecule has 70 heavy (non-hydrogen) atoms. The van der Waals surface area contributed by atoms with Crippen LogP contribution in [0.25, 0.3) is 0 Å². The molecular formula is C46H59N16O8+. The van der Waals surface area contributed by atoms with Crippen LogP contribution in [0.5, 0.6) is 0 Å². The fraction of sp³-hybridized carbons (Fsp3) is 0.326. The predicted octanol–water partition coefficient (Wildman–Crippen LogP) is 0.651. The zero-order chi connectivity index (χ0) is 50.8. The van der Waals surface area contributed by atoms with E-state index in [0.29, 0.717) is 41.4 Å². The zero-order valence-corrected chi connectivity index (χ0v) is 40.3. The molecule has 370 valence electrons. The number of aryl methyl sites for hydroxylation is 6. The average Bonchev–Trinajstić information content (AvgIpc) is 4.16. The molecule has 0 radical (unpaired) electrons. The molecule has 24 nitrogen and oxygen atoms in total. The fourth-order valence-electron chi connectivity index (χ4n) is 7.40. The van der Waals surface area contributed by atoms with E-state index in [1.807, 2.05) is 14.1 Å². The standard InChI is InChI=1S/C46H58N16O8/c1-56(2)15-10-13-47-39(64)22-50-42(66)34-19-30(25-59(34)5)53-44(68)36-20-31(26-61(36)7)54-43(67)35-17-28(23-60(35)6)51-38(63)11-9-12-49-41(65)33-18-29(24-58(33)4)52-45(69)37-21-32(27-62(37)8)55-46(70)40-48-14-16-57(40)3/h14,16-21,23-27H,9-13,15,22H2,1-8H3,(H,47,64)(H,49,65)(H,50,66)(H,51,63)(H,52,69)(H,53,68)(H,54,67)(H,55,70)/p+1. The van der Waals surface area contributed by atoms with Crippen molar-refractivity contribution in [2.45, 2.75) is 19.3 Å². The minimum atomic E-state index is -0.496. The second-order valence-corrected chi connectivity index (χ2v) is 17.1. The van der Waals surface area contributed by atoms with Crippen LogP contribution in [0.3, 0.4) is 0 Å². The lowest BCUT2D eigenvalue weighted by atomic mass is 10.2. The summed E-state index contributed by atoms with van der Waals surface area (Å²) in [4.78, 5) is 108. The predicted molar refractivity (Wildman–Crippen MR) is 260 cm³/mol. The largest absolute Gasteiger partial charge is 0.354 e. The normalized spacial score (nSPS) is 11.0. The van der Waals surface area contributed by atoms with Gasteiger partial charge in [0.05, 0.1) is 55.6 Å². The number of carbonyl (C=O) groups excluding carboxylic acids is 8. The molecule has 0 saturated heterocycles. The molecule has 0 unspecified atom stereocenters. The number of nitrogens with one attached hydrogen (secondary N) is 9. The van der Waals surface area contributed by atoms with Crippen LogP contribution in [0.15, 0.2) is 73.7 Å². The van der Waals surface area contributed by atoms with Gasteiger partial charge in [0.25, 0.3) is 35.4 Å². The molecule has 0 fully saturated rings. The third kappa shape index (κ3) is 13.1. The molecule has 24 heteroatoms. The average molecular weight is 964 g/mol. The van der Waals surface area contributed by atoms with Gasteiger partial charge in [-0.15, -0.1) is 0 Å². The van der Waals surface area contributed by atoms with Gasteiger partial charge in [0.1, 0.15) is 28.5 Å². The van der Waals surface area contributed by atoms with Crippen LogP contribution in [0.1, 0.15) is 82.3 Å². The number of nitrogens with zero attached hydrogens (tertiary/aromatic N) is 7. The molecule has 6 aromatic rings. The first-order valence-electron chi connectivity index (χ1n) is 22.2. The molecule has 0 saturated carbocycles. The van der Waals surface area contributed by atoms with E-state index in [1.165, 1.54) is 50.6 Å². The Kier molecular flexibility index (Phi) is 16.2. The van der Waals surface area contributed by atoms with E-state index in [2.05, 4.69) is 47.5 Å². The van der Waals surface area contributed by atoms with Crippen molar-refractivity contribution in [2.75, 3.05) is 66.9 Å². The van der Waals surface area contributed by atoms with E-state index in [4.69, 9.17) is 0 Å². The number of anilines is 5. The fourth-order valence-corrected chi connectivity index (χ4v) is 7.40. The van der Waals surface area contributed by atoms with Crippen molar-refractivity contribution in [3.8, 4) is 0 Å². The van der Waals surface area contributed by atoms with Crippen LogP contribution in [-0.2, 0) is 51.9 Å². The molecule has 0 aromatic carbocycles. The van der Waals surface area contributed by atoms with Gasteiger partial charge in [-0.05, 0) is 36.8 Å². The maximum Gasteiger partial charge on any atom is 0.291 e. The van der Waals surface area contributed by atoms with Gasteiger partial charge in [0.2, 0.25) is 11.8 Å². The first-order chi connectivity index (χ1) is 33.3. The van der Waals surface area contributed by atoms with Gasteiger partial charge in [-0.2, -0.15) is 0 Å². The lowest BCUT2D eigenvalue weighted by Gasteiger charge is -2.09. The van der Waals surface area contributed by atoms with Crippen molar-refractivity contribution in [1.29, 1.82) is 0 Å². The first-order valence-corrected chi connectivity index (χ1v) is 22.2. The number of quaternary nitrogens is 1. The third-order valence-corrected chi connectivity index (χ3v) is 11.0. The van der Waals surface area contributed by atoms with E-state index in [1.54, 1.807) is 97.7 Å². The quantitative estimate of drug-likeness (QED) is 0.0458. The molecule has 6 heterocycles. The highest BCUT2D eigenvalue weighted by Gasteiger charge is 2.21. The van der Waals surface area contributed by atoms with Gasteiger partial charge in [-0.25, -0.2) is 4.98 Å². The SMILES string of the molecule is Cn1cc(NC(=O)c2cc(NC(=O)c3nccn3C)cn2C)cc1C(=O)NCCCC(=O)Nc1cc(C(=O)Nc2cc(C(=O)Nc3cc(C(=O)NCC(=O)NCCC[NH+](C)C)n(C)c3)n(C)c2)n(C)c1. The van der Waals surface area contributed by atoms with Gasteiger partial charge in [0, 0.05) is 112 Å². The van der Waals surface area contributed by atoms with Gasteiger partial charge in [-0.1, -0.05) is 0 Å². The Bertz CT molecular complexity index is 2940. The highest BCUT2D eigenvalue weighted by atomic mass is 16.2. The van der Waals surface area contributed by atoms with Crippen LogP contribution >= 0.6 is 0 Å². The maximum absolute atomic E-state index is 13.3. The first kappa shape index (κ1) is 50.7. The van der Waals surface area contributed by atoms with E-state index in [-0.39, 0.29) is 65.6 Å². The Morgan fingerprint density at radius 1 is 0.457 bits per heavy atom. The number of aromatic nitrogens is 7. The molecule has 6 rings (SSSR count). The zero-order valence-electron chi connectivity index (χ0n) is 40.3. The highest BCUT2D eigenvalue weighted by molar-refractivity contribution is 6.09. The van der Waals surface area contributed by atoms with Gasteiger partial charge in [0.15, 0.2) is 5.82 Å². The number of rotatable bonds is 21. The number of hydrogen-bond acceptors (Lipinski definition) is 9. The Morgan fingerprint density at radius 3 is 1.26 bits per heavy atom. The number of carbonyl (C=O) groups is 8. The summed E-state index contributed by atoms with van der Waals surface area (Å²) in [6.07, 6.45) is 12.2. The van der Waals surface area contributed by atoms with Crippen molar-refractivity contribution < 1.29 is 43.3 Å². The third-order valence-electron chi connectivity index (χ3n) is 11.0. The maximum atomic E-state index is 13.3. The molecule has 6 aromatic heterocycles. The molecule has 0 aliphatic heterocycles. The second kappa shape index (κ2) is 22.4. The molecule has 0 atom stereocenters. The summed E-state index contributed by atoms with van der Waals surface area (Å²) in [5.74, 6) is -3.20. The monoisotopic (exact) mass is 963 g/mol. The van der Waals surface area contributed by atoms with Crippen molar-refractivity contribution in [1.82, 2.24) is 48.3 Å². The van der Waals surface area contributed by atoms with Crippen LogP contribution < -0.4 is 47.4 Å². The lowest BCUT2D eigenvalue weighted by molar-refractivity contribution is -0.858. The van der Waals surface area contributed by atoms with Crippen LogP contribution in [0.4, 0.5) is 28.4 Å². The van der Waals surface area contributed by atoms with E-state index in [0.717, 1.165) is 13.0 Å². The topological polar surface area (TPSA) is 280 Å². The van der Waals surface area contributed by atoms with Crippen LogP contribution in [0, 0.1) is 0 Å². The summed E-state index contributed by atoms with van der Waals surface area (Å²) in [5.41, 5.74) is 3.06. The number of amides is 8. The summed E-state index contributed by atoms with van der Waals surface area (Å²) in [6, 6.07) is 7.56. The van der Waals surface area contributed by atoms with Crippen molar-refractivity contribution in [3.05, 3.63) is 108 Å². The highest BCUT2D eigenvalue weighted by Crippen LogP contribution is 2.21. The smallest absolute Gasteiger partial charge is 0.291 e. The molecule has 0 spiro atoms. The Balaban J connectivity index is 0.922. The van der Waals surface area contributed by atoms with E-state index in [9.17, 15) is 38.4 Å². The summed E-state index contributed by atoms with van der Waals surface area (Å²) >= 11 is 0. The summed E-state index contributed by atoms with van der Waals surface area (Å²) < 4.78 is 9.31. The number of imidazole rings is 1. The Labute approximate surface area is 402 Å². The molecule has 9 N–H and O–H groups in total. The van der Waals surface area contributed by atoms with Crippen molar-refractivity contribution in [2.24, 2.45) is 42.3 Å². The van der Waals surface area contributed by atoms with E-state index >= 15 is 0 Å².